The van der Waals surface area contributed by atoms with Gasteiger partial charge in [0.15, 0.2) is 13.2 Å². The summed E-state index contributed by atoms with van der Waals surface area (Å²) < 4.78 is 289. The highest BCUT2D eigenvalue weighted by Crippen LogP contribution is 2.62. The molecular weight excluding hydrogens is 634 g/mol. The zero-order valence-corrected chi connectivity index (χ0v) is 17.1. The second-order valence-corrected chi connectivity index (χ2v) is 6.99. The van der Waals surface area contributed by atoms with E-state index in [0.29, 0.717) is 0 Å². The molecule has 0 unspecified atom stereocenters. The summed E-state index contributed by atoms with van der Waals surface area (Å²) in [7, 11) is 0. The first-order valence-electron chi connectivity index (χ1n) is 8.51. The lowest BCUT2D eigenvalue weighted by molar-refractivity contribution is -0.447. The summed E-state index contributed by atoms with van der Waals surface area (Å²) >= 11 is 0. The molecule has 0 fully saturated rings. The van der Waals surface area contributed by atoms with Gasteiger partial charge in [-0.05, 0) is 0 Å². The topological polar surface area (TPSA) is 35.5 Å². The van der Waals surface area contributed by atoms with Crippen LogP contribution in [-0.2, 0) is 9.47 Å². The smallest absolute Gasteiger partial charge is 0.428 e. The molecule has 25 heteroatoms. The molecule has 0 aromatic rings. The van der Waals surface area contributed by atoms with Gasteiger partial charge >= 0.3 is 66.1 Å². The Morgan fingerprint density at radius 2 is 0.846 bits per heavy atom. The van der Waals surface area contributed by atoms with Crippen molar-refractivity contribution in [3.05, 3.63) is 0 Å². The molecule has 0 bridgehead atoms. The Labute approximate surface area is 198 Å². The highest BCUT2D eigenvalue weighted by molar-refractivity contribution is 5.60. The molecule has 3 nitrogen and oxygen atoms in total. The molecule has 1 atom stereocenters. The molecule has 0 radical (unpaired) electrons. The Morgan fingerprint density at radius 3 is 1.21 bits per heavy atom. The lowest BCUT2D eigenvalue weighted by Gasteiger charge is -2.42. The molecule has 0 saturated carbocycles. The normalized spacial score (nSPS) is 16.4. The average Bonchev–Trinajstić information content (AvgIpc) is 2.74. The largest absolute Gasteiger partial charge is 0.508 e. The Bertz CT molecular complexity index is 861. The van der Waals surface area contributed by atoms with E-state index in [4.69, 9.17) is 0 Å². The molecule has 0 N–H and O–H groups in total. The summed E-state index contributed by atoms with van der Waals surface area (Å²) in [4.78, 5) is 10.8. The van der Waals surface area contributed by atoms with Gasteiger partial charge in [-0.15, -0.1) is 0 Å². The van der Waals surface area contributed by atoms with Gasteiger partial charge in [-0.25, -0.2) is 18.0 Å². The molecular formula is C14H6F22O3. The molecule has 234 valence electrons. The minimum absolute atomic E-state index is 2.74. The minimum atomic E-state index is -8.76. The van der Waals surface area contributed by atoms with Gasteiger partial charge in [0.25, 0.3) is 6.17 Å². The molecule has 0 aliphatic heterocycles. The van der Waals surface area contributed by atoms with Crippen molar-refractivity contribution < 1.29 is 111 Å². The number of hydrogen-bond acceptors (Lipinski definition) is 3. The van der Waals surface area contributed by atoms with E-state index >= 15 is 0 Å². The van der Waals surface area contributed by atoms with Crippen LogP contribution in [-0.4, -0.2) is 85.5 Å². The summed E-state index contributed by atoms with van der Waals surface area (Å²) in [6.07, 6.45) is -20.8. The fraction of sp³-hybridized carbons (Fsp3) is 0.929. The Balaban J connectivity index is 6.00. The van der Waals surface area contributed by atoms with Crippen LogP contribution in [0.5, 0.6) is 0 Å². The maximum Gasteiger partial charge on any atom is 0.508 e. The van der Waals surface area contributed by atoms with Crippen molar-refractivity contribution in [2.45, 2.75) is 66.2 Å². The molecule has 0 aromatic carbocycles. The fourth-order valence-electron chi connectivity index (χ4n) is 1.92. The van der Waals surface area contributed by atoms with E-state index in [0.717, 1.165) is 0 Å². The number of hydrogen-bond donors (Lipinski definition) is 0. The number of ether oxygens (including phenoxy) is 2. The van der Waals surface area contributed by atoms with E-state index in [1.165, 1.54) is 0 Å². The van der Waals surface area contributed by atoms with Gasteiger partial charge in [0, 0.05) is 0 Å². The van der Waals surface area contributed by atoms with Crippen LogP contribution < -0.4 is 0 Å². The van der Waals surface area contributed by atoms with Crippen LogP contribution >= 0.6 is 0 Å². The molecule has 0 aliphatic rings. The SMILES string of the molecule is O=C(OCC(F)(F)[C@@H](F)C(F)(F)F)OCC(F)(F)C(F)(F)C(F)(F)C(F)(F)C(F)(F)C(F)(F)C(F)(F)C(F)F. The van der Waals surface area contributed by atoms with Gasteiger partial charge < -0.3 is 9.47 Å². The lowest BCUT2D eigenvalue weighted by atomic mass is 9.89. The number of halogens is 22. The second-order valence-electron chi connectivity index (χ2n) is 6.99. The van der Waals surface area contributed by atoms with E-state index in [2.05, 4.69) is 9.47 Å². The molecule has 0 amide bonds. The highest BCUT2D eigenvalue weighted by atomic mass is 19.4. The van der Waals surface area contributed by atoms with Crippen LogP contribution in [0.2, 0.25) is 0 Å². The van der Waals surface area contributed by atoms with Crippen molar-refractivity contribution in [3.63, 3.8) is 0 Å². The van der Waals surface area contributed by atoms with Gasteiger partial charge in [-0.3, -0.25) is 0 Å². The fourth-order valence-corrected chi connectivity index (χ4v) is 1.92. The average molecular weight is 640 g/mol. The molecule has 0 rings (SSSR count). The number of rotatable bonds is 12. The predicted octanol–water partition coefficient (Wildman–Crippen LogP) is 7.39. The monoisotopic (exact) mass is 640 g/mol. The standard InChI is InChI=1S/C14H6F22O3/c15-3(9(24,25)26)6(18,19)1-38-5(37)39-2-7(20,21)10(27,28)12(31,32)14(35,36)13(33,34)11(29,30)8(22,23)4(16)17/h3-4H,1-2H2/t3-/m1/s1. The number of carbonyl (C=O) groups is 1. The summed E-state index contributed by atoms with van der Waals surface area (Å²) in [6, 6.07) is 0. The van der Waals surface area contributed by atoms with Gasteiger partial charge in [0.05, 0.1) is 0 Å². The zero-order chi connectivity index (χ0) is 32.1. The molecule has 0 aliphatic carbocycles. The Kier molecular flexibility index (Phi) is 9.69. The van der Waals surface area contributed by atoms with Crippen LogP contribution in [0.25, 0.3) is 0 Å². The predicted molar refractivity (Wildman–Crippen MR) is 73.8 cm³/mol. The summed E-state index contributed by atoms with van der Waals surface area (Å²) in [5, 5.41) is 0. The maximum atomic E-state index is 13.5. The minimum Gasteiger partial charge on any atom is -0.428 e. The van der Waals surface area contributed by atoms with Crippen LogP contribution in [0.4, 0.5) is 101 Å². The highest BCUT2D eigenvalue weighted by Gasteiger charge is 2.93. The summed E-state index contributed by atoms with van der Waals surface area (Å²) in [5.41, 5.74) is 0. The zero-order valence-electron chi connectivity index (χ0n) is 17.1. The van der Waals surface area contributed by atoms with Crippen LogP contribution in [0.3, 0.4) is 0 Å². The van der Waals surface area contributed by atoms with Crippen LogP contribution in [0, 0.1) is 0 Å². The lowest BCUT2D eigenvalue weighted by Crippen LogP contribution is -2.74. The maximum absolute atomic E-state index is 13.5. The first kappa shape index (κ1) is 36.7. The molecule has 0 spiro atoms. The second kappa shape index (κ2) is 10.3. The molecule has 0 saturated heterocycles. The van der Waals surface area contributed by atoms with Crippen LogP contribution in [0.1, 0.15) is 0 Å². The van der Waals surface area contributed by atoms with E-state index in [9.17, 15) is 101 Å². The third-order valence-corrected chi connectivity index (χ3v) is 4.14. The molecule has 0 heterocycles. The molecule has 0 aromatic heterocycles. The van der Waals surface area contributed by atoms with Crippen molar-refractivity contribution >= 4 is 6.16 Å². The Morgan fingerprint density at radius 1 is 0.513 bits per heavy atom. The van der Waals surface area contributed by atoms with Gasteiger partial charge in [0.2, 0.25) is 0 Å². The van der Waals surface area contributed by atoms with E-state index in [-0.39, 0.29) is 0 Å². The number of alkyl halides is 22. The Hall–Kier alpha value is -2.27. The van der Waals surface area contributed by atoms with Crippen molar-refractivity contribution in [1.82, 2.24) is 0 Å². The van der Waals surface area contributed by atoms with Crippen molar-refractivity contribution in [3.8, 4) is 0 Å². The van der Waals surface area contributed by atoms with E-state index < -0.39 is 85.5 Å². The number of carbonyl (C=O) groups excluding carboxylic acids is 1. The summed E-state index contributed by atoms with van der Waals surface area (Å²) in [5.74, 6) is -63.2. The van der Waals surface area contributed by atoms with Crippen molar-refractivity contribution in [1.29, 1.82) is 0 Å². The van der Waals surface area contributed by atoms with Gasteiger partial charge in [-0.1, -0.05) is 0 Å². The molecule has 39 heavy (non-hydrogen) atoms. The quantitative estimate of drug-likeness (QED) is 0.165. The summed E-state index contributed by atoms with van der Waals surface area (Å²) in [6.45, 7) is -6.94. The third-order valence-electron chi connectivity index (χ3n) is 4.14. The first-order chi connectivity index (χ1) is 16.7. The van der Waals surface area contributed by atoms with E-state index in [1.54, 1.807) is 0 Å². The van der Waals surface area contributed by atoms with Crippen molar-refractivity contribution in [2.75, 3.05) is 13.2 Å². The first-order valence-corrected chi connectivity index (χ1v) is 8.51. The third kappa shape index (κ3) is 6.09. The van der Waals surface area contributed by atoms with E-state index in [1.807, 2.05) is 0 Å². The van der Waals surface area contributed by atoms with Crippen LogP contribution in [0.15, 0.2) is 0 Å². The van der Waals surface area contributed by atoms with Gasteiger partial charge in [-0.2, -0.15) is 83.4 Å². The van der Waals surface area contributed by atoms with Crippen molar-refractivity contribution in [2.24, 2.45) is 0 Å². The van der Waals surface area contributed by atoms with Gasteiger partial charge in [0.1, 0.15) is 0 Å².